The quantitative estimate of drug-likeness (QED) is 0.803. The fourth-order valence-electron chi connectivity index (χ4n) is 2.54. The van der Waals surface area contributed by atoms with E-state index in [4.69, 9.17) is 11.6 Å². The van der Waals surface area contributed by atoms with Crippen molar-refractivity contribution in [1.29, 1.82) is 0 Å². The van der Waals surface area contributed by atoms with E-state index in [-0.39, 0.29) is 0 Å². The van der Waals surface area contributed by atoms with Gasteiger partial charge >= 0.3 is 0 Å². The second kappa shape index (κ2) is 3.79. The molecule has 84 valence electrons. The van der Waals surface area contributed by atoms with Gasteiger partial charge in [0.15, 0.2) is 0 Å². The van der Waals surface area contributed by atoms with E-state index < -0.39 is 0 Å². The molecular formula is C13H15ClN2. The van der Waals surface area contributed by atoms with E-state index in [0.29, 0.717) is 0 Å². The fourth-order valence-corrected chi connectivity index (χ4v) is 2.71. The molecule has 1 aliphatic rings. The topological polar surface area (TPSA) is 19.0 Å². The van der Waals surface area contributed by atoms with Crippen LogP contribution in [0.3, 0.4) is 0 Å². The number of hydrogen-bond donors (Lipinski definition) is 1. The summed E-state index contributed by atoms with van der Waals surface area (Å²) in [5.74, 6) is 0. The van der Waals surface area contributed by atoms with Gasteiger partial charge in [0.2, 0.25) is 0 Å². The Morgan fingerprint density at radius 1 is 1.44 bits per heavy atom. The second-order valence-electron chi connectivity index (χ2n) is 4.39. The van der Waals surface area contributed by atoms with E-state index >= 15 is 0 Å². The highest BCUT2D eigenvalue weighted by Crippen LogP contribution is 2.29. The summed E-state index contributed by atoms with van der Waals surface area (Å²) in [5.41, 5.74) is 4.04. The molecule has 0 bridgehead atoms. The molecule has 1 aromatic carbocycles. The van der Waals surface area contributed by atoms with Crippen LogP contribution in [0.15, 0.2) is 18.2 Å². The number of nitrogens with zero attached hydrogens (tertiary/aromatic N) is 1. The molecule has 0 aliphatic carbocycles. The minimum atomic E-state index is 0.826. The maximum atomic E-state index is 6.05. The molecule has 16 heavy (non-hydrogen) atoms. The van der Waals surface area contributed by atoms with Crippen LogP contribution in [-0.4, -0.2) is 23.0 Å². The molecule has 2 nitrogen and oxygen atoms in total. The van der Waals surface area contributed by atoms with Gasteiger partial charge < -0.3 is 4.98 Å². The molecule has 0 unspecified atom stereocenters. The summed E-state index contributed by atoms with van der Waals surface area (Å²) >= 11 is 6.05. The number of halogens is 1. The van der Waals surface area contributed by atoms with E-state index in [9.17, 15) is 0 Å². The van der Waals surface area contributed by atoms with Crippen LogP contribution >= 0.6 is 11.6 Å². The number of nitrogens with one attached hydrogen (secondary N) is 1. The predicted molar refractivity (Wildman–Crippen MR) is 68.0 cm³/mol. The first-order valence-electron chi connectivity index (χ1n) is 5.79. The van der Waals surface area contributed by atoms with Crippen LogP contribution in [0.2, 0.25) is 5.02 Å². The van der Waals surface area contributed by atoms with E-state index in [2.05, 4.69) is 28.9 Å². The average Bonchev–Trinajstić information content (AvgIpc) is 2.66. The number of benzene rings is 1. The second-order valence-corrected chi connectivity index (χ2v) is 4.83. The summed E-state index contributed by atoms with van der Waals surface area (Å²) in [6.45, 7) is 5.53. The van der Waals surface area contributed by atoms with Crippen molar-refractivity contribution in [1.82, 2.24) is 9.88 Å². The number of fused-ring (bicyclic) bond motifs is 3. The van der Waals surface area contributed by atoms with Gasteiger partial charge in [0.1, 0.15) is 0 Å². The highest BCUT2D eigenvalue weighted by Gasteiger charge is 2.19. The summed E-state index contributed by atoms with van der Waals surface area (Å²) in [7, 11) is 0. The van der Waals surface area contributed by atoms with Crippen molar-refractivity contribution in [2.24, 2.45) is 0 Å². The van der Waals surface area contributed by atoms with Gasteiger partial charge in [-0.15, -0.1) is 0 Å². The normalized spacial score (nSPS) is 16.6. The molecule has 0 amide bonds. The van der Waals surface area contributed by atoms with Crippen molar-refractivity contribution >= 4 is 22.5 Å². The molecule has 1 N–H and O–H groups in total. The minimum absolute atomic E-state index is 0.826. The maximum absolute atomic E-state index is 6.05. The van der Waals surface area contributed by atoms with Gasteiger partial charge in [-0.25, -0.2) is 0 Å². The Bertz CT molecular complexity index is 530. The minimum Gasteiger partial charge on any atom is -0.357 e. The van der Waals surface area contributed by atoms with Crippen LogP contribution in [0, 0.1) is 0 Å². The molecule has 2 heterocycles. The molecular weight excluding hydrogens is 220 g/mol. The molecule has 1 aromatic heterocycles. The third-order valence-electron chi connectivity index (χ3n) is 3.46. The van der Waals surface area contributed by atoms with Crippen LogP contribution in [0.1, 0.15) is 18.2 Å². The molecule has 0 atom stereocenters. The molecule has 1 aliphatic heterocycles. The van der Waals surface area contributed by atoms with Gasteiger partial charge in [-0.3, -0.25) is 4.90 Å². The van der Waals surface area contributed by atoms with E-state index in [0.717, 1.165) is 31.1 Å². The van der Waals surface area contributed by atoms with Crippen molar-refractivity contribution in [3.63, 3.8) is 0 Å². The summed E-state index contributed by atoms with van der Waals surface area (Å²) in [6, 6.07) is 6.10. The first-order valence-corrected chi connectivity index (χ1v) is 6.17. The number of rotatable bonds is 1. The van der Waals surface area contributed by atoms with Crippen LogP contribution < -0.4 is 0 Å². The number of H-pyrrole nitrogens is 1. The number of aromatic nitrogens is 1. The Labute approximate surface area is 100 Å². The van der Waals surface area contributed by atoms with Crippen LogP contribution in [0.5, 0.6) is 0 Å². The standard InChI is InChI=1S/C13H15ClN2/c1-2-16-6-5-10-11-7-9(14)3-4-12(11)15-13(10)8-16/h3-4,7,15H,2,5-6,8H2,1H3. The molecule has 2 aromatic rings. The van der Waals surface area contributed by atoms with Crippen molar-refractivity contribution < 1.29 is 0 Å². The predicted octanol–water partition coefficient (Wildman–Crippen LogP) is 3.20. The fraction of sp³-hybridized carbons (Fsp3) is 0.385. The monoisotopic (exact) mass is 234 g/mol. The van der Waals surface area contributed by atoms with E-state index in [1.807, 2.05) is 6.07 Å². The third kappa shape index (κ3) is 1.53. The number of aromatic amines is 1. The molecule has 0 saturated carbocycles. The molecule has 0 fully saturated rings. The smallest absolute Gasteiger partial charge is 0.0460 e. The van der Waals surface area contributed by atoms with Crippen molar-refractivity contribution in [2.75, 3.05) is 13.1 Å². The van der Waals surface area contributed by atoms with E-state index in [1.165, 1.54) is 22.2 Å². The molecule has 3 heteroatoms. The molecule has 0 saturated heterocycles. The highest BCUT2D eigenvalue weighted by molar-refractivity contribution is 6.31. The van der Waals surface area contributed by atoms with Gasteiger partial charge in [0.05, 0.1) is 0 Å². The van der Waals surface area contributed by atoms with Gasteiger partial charge in [-0.2, -0.15) is 0 Å². The summed E-state index contributed by atoms with van der Waals surface area (Å²) < 4.78 is 0. The number of likely N-dealkylation sites (N-methyl/N-ethyl adjacent to an activating group) is 1. The lowest BCUT2D eigenvalue weighted by atomic mass is 10.0. The lowest BCUT2D eigenvalue weighted by Crippen LogP contribution is -2.29. The van der Waals surface area contributed by atoms with Gasteiger partial charge in [0, 0.05) is 34.7 Å². The van der Waals surface area contributed by atoms with Crippen LogP contribution in [0.25, 0.3) is 10.9 Å². The summed E-state index contributed by atoms with van der Waals surface area (Å²) in [6.07, 6.45) is 1.13. The van der Waals surface area contributed by atoms with Crippen molar-refractivity contribution in [2.45, 2.75) is 19.9 Å². The Hall–Kier alpha value is -0.990. The summed E-state index contributed by atoms with van der Waals surface area (Å²) in [5, 5.41) is 2.13. The van der Waals surface area contributed by atoms with Gasteiger partial charge in [-0.05, 0) is 36.7 Å². The maximum Gasteiger partial charge on any atom is 0.0460 e. The largest absolute Gasteiger partial charge is 0.357 e. The SMILES string of the molecule is CCN1CCc2c([nH]c3ccc(Cl)cc23)C1. The molecule has 3 rings (SSSR count). The zero-order valence-electron chi connectivity index (χ0n) is 9.39. The summed E-state index contributed by atoms with van der Waals surface area (Å²) in [4.78, 5) is 5.96. The molecule has 0 radical (unpaired) electrons. The van der Waals surface area contributed by atoms with Gasteiger partial charge in [0.25, 0.3) is 0 Å². The Balaban J connectivity index is 2.13. The first-order chi connectivity index (χ1) is 7.78. The Morgan fingerprint density at radius 3 is 3.12 bits per heavy atom. The zero-order valence-corrected chi connectivity index (χ0v) is 10.1. The zero-order chi connectivity index (χ0) is 11.1. The average molecular weight is 235 g/mol. The Morgan fingerprint density at radius 2 is 2.31 bits per heavy atom. The van der Waals surface area contributed by atoms with Gasteiger partial charge in [-0.1, -0.05) is 18.5 Å². The van der Waals surface area contributed by atoms with Crippen LogP contribution in [-0.2, 0) is 13.0 Å². The molecule has 0 spiro atoms. The third-order valence-corrected chi connectivity index (χ3v) is 3.70. The highest BCUT2D eigenvalue weighted by atomic mass is 35.5. The van der Waals surface area contributed by atoms with Crippen molar-refractivity contribution in [3.05, 3.63) is 34.5 Å². The van der Waals surface area contributed by atoms with Crippen molar-refractivity contribution in [3.8, 4) is 0 Å². The first kappa shape index (κ1) is 10.2. The number of hydrogen-bond acceptors (Lipinski definition) is 1. The lowest BCUT2D eigenvalue weighted by Gasteiger charge is -2.25. The lowest BCUT2D eigenvalue weighted by molar-refractivity contribution is 0.266. The van der Waals surface area contributed by atoms with Crippen LogP contribution in [0.4, 0.5) is 0 Å². The van der Waals surface area contributed by atoms with E-state index in [1.54, 1.807) is 0 Å². The Kier molecular flexibility index (Phi) is 2.41.